The van der Waals surface area contributed by atoms with Gasteiger partial charge in [-0.15, -0.1) is 5.73 Å². The monoisotopic (exact) mass is 184 g/mol. The van der Waals surface area contributed by atoms with Crippen molar-refractivity contribution in [3.63, 3.8) is 0 Å². The van der Waals surface area contributed by atoms with Gasteiger partial charge in [-0.2, -0.15) is 0 Å². The van der Waals surface area contributed by atoms with E-state index in [1.54, 1.807) is 6.08 Å². The molecule has 0 aromatic carbocycles. The average molecular weight is 185 g/mol. The fourth-order valence-electron chi connectivity index (χ4n) is 0.271. The Morgan fingerprint density at radius 2 is 2.00 bits per heavy atom. The van der Waals surface area contributed by atoms with Crippen molar-refractivity contribution in [2.24, 2.45) is 0 Å². The smallest absolute Gasteiger partial charge is 0.125 e. The molecule has 0 amide bonds. The van der Waals surface area contributed by atoms with Gasteiger partial charge in [0.1, 0.15) is 0 Å². The van der Waals surface area contributed by atoms with Gasteiger partial charge in [-0.3, -0.25) is 0 Å². The van der Waals surface area contributed by atoms with Gasteiger partial charge in [-0.05, 0) is 12.5 Å². The lowest BCUT2D eigenvalue weighted by molar-refractivity contribution is 1.23. The van der Waals surface area contributed by atoms with Crippen molar-refractivity contribution >= 4 is 34.8 Å². The molecule has 0 aliphatic rings. The summed E-state index contributed by atoms with van der Waals surface area (Å²) < 4.78 is -1.30. The van der Waals surface area contributed by atoms with Crippen molar-refractivity contribution in [2.75, 3.05) is 0 Å². The zero-order valence-corrected chi connectivity index (χ0v) is 7.26. The highest BCUT2D eigenvalue weighted by Crippen LogP contribution is 2.26. The maximum Gasteiger partial charge on any atom is 0.216 e. The molecule has 9 heavy (non-hydrogen) atoms. The third-order valence-electron chi connectivity index (χ3n) is 0.569. The van der Waals surface area contributed by atoms with E-state index in [2.05, 4.69) is 5.73 Å². The fourth-order valence-corrected chi connectivity index (χ4v) is 0.460. The number of halogens is 3. The van der Waals surface area contributed by atoms with Crippen LogP contribution >= 0.6 is 34.8 Å². The Morgan fingerprint density at radius 3 is 2.33 bits per heavy atom. The molecule has 0 nitrogen and oxygen atoms in total. The van der Waals surface area contributed by atoms with E-state index in [0.29, 0.717) is 0 Å². The molecule has 0 aromatic heterocycles. The Balaban J connectivity index is 3.84. The first-order chi connectivity index (χ1) is 4.06. The van der Waals surface area contributed by atoms with Crippen LogP contribution in [-0.4, -0.2) is 3.79 Å². The van der Waals surface area contributed by atoms with E-state index in [1.165, 1.54) is 6.08 Å². The Morgan fingerprint density at radius 1 is 1.44 bits per heavy atom. The van der Waals surface area contributed by atoms with Crippen molar-refractivity contribution in [1.29, 1.82) is 0 Å². The summed E-state index contributed by atoms with van der Waals surface area (Å²) in [5.41, 5.74) is 2.73. The first-order valence-corrected chi connectivity index (χ1v) is 3.68. The van der Waals surface area contributed by atoms with Crippen LogP contribution in [0.1, 0.15) is 13.3 Å². The minimum atomic E-state index is -1.30. The molecule has 0 radical (unpaired) electrons. The molecule has 3 heteroatoms. The van der Waals surface area contributed by atoms with Gasteiger partial charge in [0.2, 0.25) is 3.79 Å². The number of alkyl halides is 3. The predicted octanol–water partition coefficient (Wildman–Crippen LogP) is 3.48. The lowest BCUT2D eigenvalue weighted by Crippen LogP contribution is -1.92. The van der Waals surface area contributed by atoms with Crippen LogP contribution < -0.4 is 0 Å². The normalized spacial score (nSPS) is 10.2. The van der Waals surface area contributed by atoms with Crippen molar-refractivity contribution in [3.8, 4) is 0 Å². The van der Waals surface area contributed by atoms with Crippen LogP contribution in [0.3, 0.4) is 0 Å². The van der Waals surface area contributed by atoms with E-state index < -0.39 is 3.79 Å². The third kappa shape index (κ3) is 8.39. The summed E-state index contributed by atoms with van der Waals surface area (Å²) in [5.74, 6) is 0. The topological polar surface area (TPSA) is 0 Å². The largest absolute Gasteiger partial charge is 0.216 e. The minimum Gasteiger partial charge on any atom is -0.125 e. The maximum absolute atomic E-state index is 5.36. The number of rotatable bonds is 1. The molecule has 0 aliphatic heterocycles. The highest BCUT2D eigenvalue weighted by atomic mass is 35.6. The highest BCUT2D eigenvalue weighted by Gasteiger charge is 2.12. The van der Waals surface area contributed by atoms with Gasteiger partial charge >= 0.3 is 0 Å². The highest BCUT2D eigenvalue weighted by molar-refractivity contribution is 6.68. The molecule has 0 aliphatic carbocycles. The van der Waals surface area contributed by atoms with Crippen LogP contribution in [0.2, 0.25) is 0 Å². The second-order valence-corrected chi connectivity index (χ2v) is 3.83. The van der Waals surface area contributed by atoms with Crippen molar-refractivity contribution in [3.05, 3.63) is 17.9 Å². The Hall–Kier alpha value is 0.390. The summed E-state index contributed by atoms with van der Waals surface area (Å²) >= 11 is 16.1. The molecule has 0 unspecified atom stereocenters. The zero-order valence-electron chi connectivity index (χ0n) is 5.00. The fraction of sp³-hybridized carbons (Fsp3) is 0.500. The van der Waals surface area contributed by atoms with E-state index in [9.17, 15) is 0 Å². The molecule has 0 fully saturated rings. The Labute approximate surface area is 70.1 Å². The van der Waals surface area contributed by atoms with Gasteiger partial charge in [0.15, 0.2) is 0 Å². The quantitative estimate of drug-likeness (QED) is 0.433. The van der Waals surface area contributed by atoms with Gasteiger partial charge in [0, 0.05) is 6.08 Å². The summed E-state index contributed by atoms with van der Waals surface area (Å²) in [6.45, 7) is 1.99. The summed E-state index contributed by atoms with van der Waals surface area (Å²) in [5, 5.41) is 0. The molecular formula is C6H7Cl3. The van der Waals surface area contributed by atoms with Gasteiger partial charge in [0.25, 0.3) is 0 Å². The number of allylic oxidation sites excluding steroid dienone is 1. The molecule has 0 saturated heterocycles. The standard InChI is InChI=1S/C6H7Cl3/c1-2-3-4-5-6(7,8)9/h3,5H,2H2,1H3. The minimum absolute atomic E-state index is 0.900. The molecule has 0 rings (SSSR count). The summed E-state index contributed by atoms with van der Waals surface area (Å²) in [6.07, 6.45) is 4.08. The van der Waals surface area contributed by atoms with Crippen LogP contribution in [0.5, 0.6) is 0 Å². The van der Waals surface area contributed by atoms with Gasteiger partial charge < -0.3 is 0 Å². The zero-order chi connectivity index (χ0) is 7.33. The first-order valence-electron chi connectivity index (χ1n) is 2.55. The number of hydrogen-bond donors (Lipinski definition) is 0. The Kier molecular flexibility index (Phi) is 4.43. The Bertz CT molecular complexity index is 126. The summed E-state index contributed by atoms with van der Waals surface area (Å²) in [7, 11) is 0. The van der Waals surface area contributed by atoms with Crippen molar-refractivity contribution in [1.82, 2.24) is 0 Å². The molecule has 0 N–H and O–H groups in total. The summed E-state index contributed by atoms with van der Waals surface area (Å²) in [4.78, 5) is 0. The van der Waals surface area contributed by atoms with E-state index in [-0.39, 0.29) is 0 Å². The van der Waals surface area contributed by atoms with Crippen molar-refractivity contribution < 1.29 is 0 Å². The lowest BCUT2D eigenvalue weighted by Gasteiger charge is -1.97. The second-order valence-electron chi connectivity index (χ2n) is 1.46. The first kappa shape index (κ1) is 9.39. The summed E-state index contributed by atoms with van der Waals surface area (Å²) in [6, 6.07) is 0. The molecule has 52 valence electrons. The third-order valence-corrected chi connectivity index (χ3v) is 0.896. The van der Waals surface area contributed by atoms with Crippen molar-refractivity contribution in [2.45, 2.75) is 17.1 Å². The van der Waals surface area contributed by atoms with E-state index >= 15 is 0 Å². The van der Waals surface area contributed by atoms with Crippen LogP contribution in [-0.2, 0) is 0 Å². The SMILES string of the molecule is CCC=C=CC(Cl)(Cl)Cl. The predicted molar refractivity (Wildman–Crippen MR) is 43.2 cm³/mol. The molecule has 0 atom stereocenters. The van der Waals surface area contributed by atoms with Gasteiger partial charge in [-0.1, -0.05) is 41.7 Å². The average Bonchev–Trinajstić information content (AvgIpc) is 1.63. The van der Waals surface area contributed by atoms with E-state index in [0.717, 1.165) is 6.42 Å². The van der Waals surface area contributed by atoms with Gasteiger partial charge in [-0.25, -0.2) is 0 Å². The van der Waals surface area contributed by atoms with Crippen LogP contribution in [0.25, 0.3) is 0 Å². The molecule has 0 spiro atoms. The molecule has 0 saturated carbocycles. The van der Waals surface area contributed by atoms with Gasteiger partial charge in [0.05, 0.1) is 0 Å². The lowest BCUT2D eigenvalue weighted by atomic mass is 10.4. The van der Waals surface area contributed by atoms with Crippen LogP contribution in [0.4, 0.5) is 0 Å². The molecule has 0 heterocycles. The van der Waals surface area contributed by atoms with E-state index in [4.69, 9.17) is 34.8 Å². The van der Waals surface area contributed by atoms with E-state index in [1.807, 2.05) is 6.92 Å². The molecular weight excluding hydrogens is 178 g/mol. The van der Waals surface area contributed by atoms with Crippen LogP contribution in [0.15, 0.2) is 17.9 Å². The second kappa shape index (κ2) is 4.24. The van der Waals surface area contributed by atoms with Crippen LogP contribution in [0, 0.1) is 0 Å². The molecule has 0 bridgehead atoms. The maximum atomic E-state index is 5.36. The molecule has 0 aromatic rings. The number of hydrogen-bond acceptors (Lipinski definition) is 0.